The van der Waals surface area contributed by atoms with E-state index in [1.807, 2.05) is 0 Å². The Hall–Kier alpha value is -0.352. The molecule has 1 aliphatic heterocycles. The molecule has 116 valence electrons. The average molecular weight is 357 g/mol. The Morgan fingerprint density at radius 2 is 1.05 bits per heavy atom. The van der Waals surface area contributed by atoms with E-state index in [9.17, 15) is 9.59 Å². The van der Waals surface area contributed by atoms with E-state index in [0.29, 0.717) is 0 Å². The van der Waals surface area contributed by atoms with Crippen LogP contribution in [-0.2, 0) is 34.9 Å². The van der Waals surface area contributed by atoms with Crippen LogP contribution in [0.3, 0.4) is 0 Å². The first kappa shape index (κ1) is 17.7. The highest BCUT2D eigenvalue weighted by Crippen LogP contribution is 2.22. The molecule has 0 radical (unpaired) electrons. The van der Waals surface area contributed by atoms with E-state index in [4.69, 9.17) is 25.3 Å². The van der Waals surface area contributed by atoms with Gasteiger partial charge in [0.25, 0.3) is 11.9 Å². The zero-order valence-corrected chi connectivity index (χ0v) is 16.7. The first-order valence-electron chi connectivity index (χ1n) is 6.14. The summed E-state index contributed by atoms with van der Waals surface area (Å²) in [5.41, 5.74) is 0. The van der Waals surface area contributed by atoms with Crippen molar-refractivity contribution in [3.05, 3.63) is 0 Å². The van der Waals surface area contributed by atoms with Crippen molar-refractivity contribution in [2.45, 2.75) is 40.0 Å². The summed E-state index contributed by atoms with van der Waals surface area (Å²) in [6.07, 6.45) is 0. The van der Waals surface area contributed by atoms with Gasteiger partial charge >= 0.3 is 36.2 Å². The molecule has 1 saturated heterocycles. The van der Waals surface area contributed by atoms with Crippen molar-refractivity contribution in [2.75, 3.05) is 0 Å². The maximum atomic E-state index is 11.1. The highest BCUT2D eigenvalue weighted by molar-refractivity contribution is 6.82. The van der Waals surface area contributed by atoms with E-state index >= 15 is 0 Å². The van der Waals surface area contributed by atoms with E-state index in [-0.39, 0.29) is 0 Å². The van der Waals surface area contributed by atoms with Gasteiger partial charge in [-0.2, -0.15) is 0 Å². The van der Waals surface area contributed by atoms with Crippen LogP contribution in [0.25, 0.3) is 0 Å². The molecule has 0 spiro atoms. The molecule has 1 heterocycles. The molecule has 0 aromatic carbocycles. The monoisotopic (exact) mass is 356 g/mol. The highest BCUT2D eigenvalue weighted by atomic mass is 28.5. The summed E-state index contributed by atoms with van der Waals surface area (Å²) < 4.78 is 33.3. The molecule has 12 heteroatoms. The standard InChI is InChI=1S/C8H20O8Si4/c1-7(9)11-19(5)13-17(3)15-20(6,12-8(2)10)16-18(4)14-19/h17-18H,1-6H3. The van der Waals surface area contributed by atoms with Crippen LogP contribution in [0.1, 0.15) is 13.8 Å². The minimum atomic E-state index is -3.11. The molecule has 0 aliphatic carbocycles. The molecule has 1 fully saturated rings. The third-order valence-electron chi connectivity index (χ3n) is 2.18. The number of hydrogen-bond acceptors (Lipinski definition) is 8. The van der Waals surface area contributed by atoms with Crippen molar-refractivity contribution < 1.29 is 34.9 Å². The molecule has 0 N–H and O–H groups in total. The van der Waals surface area contributed by atoms with Gasteiger partial charge in [-0.05, 0) is 13.1 Å². The normalized spacial score (nSPS) is 38.5. The summed E-state index contributed by atoms with van der Waals surface area (Å²) in [5, 5.41) is 0. The Balaban J connectivity index is 2.87. The lowest BCUT2D eigenvalue weighted by Gasteiger charge is -2.38. The summed E-state index contributed by atoms with van der Waals surface area (Å²) in [6, 6.07) is 0. The number of carbonyl (C=O) groups is 2. The molecule has 8 nitrogen and oxygen atoms in total. The molecule has 0 saturated carbocycles. The first-order valence-corrected chi connectivity index (χ1v) is 14.8. The smallest absolute Gasteiger partial charge is 0.475 e. The Morgan fingerprint density at radius 1 is 0.800 bits per heavy atom. The SMILES string of the molecule is CC(=O)O[Si]1(C)O[SiH](C)O[Si](C)(OC(C)=O)O[SiH](C)O1. The fourth-order valence-corrected chi connectivity index (χ4v) is 16.1. The van der Waals surface area contributed by atoms with Crippen molar-refractivity contribution in [3.8, 4) is 0 Å². The van der Waals surface area contributed by atoms with Gasteiger partial charge in [-0.3, -0.25) is 9.59 Å². The lowest BCUT2D eigenvalue weighted by Crippen LogP contribution is -2.60. The molecule has 1 aliphatic rings. The van der Waals surface area contributed by atoms with Crippen LogP contribution >= 0.6 is 0 Å². The van der Waals surface area contributed by atoms with Gasteiger partial charge in [0, 0.05) is 26.9 Å². The van der Waals surface area contributed by atoms with Gasteiger partial charge in [-0.1, -0.05) is 0 Å². The van der Waals surface area contributed by atoms with E-state index in [2.05, 4.69) is 0 Å². The van der Waals surface area contributed by atoms with Gasteiger partial charge in [0.1, 0.15) is 0 Å². The average Bonchev–Trinajstić information content (AvgIpc) is 2.08. The quantitative estimate of drug-likeness (QED) is 0.640. The van der Waals surface area contributed by atoms with Crippen LogP contribution < -0.4 is 0 Å². The van der Waals surface area contributed by atoms with Crippen LogP contribution in [0.2, 0.25) is 26.2 Å². The zero-order valence-electron chi connectivity index (χ0n) is 12.4. The van der Waals surface area contributed by atoms with Gasteiger partial charge in [0.05, 0.1) is 0 Å². The van der Waals surface area contributed by atoms with Gasteiger partial charge < -0.3 is 25.3 Å². The molecule has 0 atom stereocenters. The molecular weight excluding hydrogens is 336 g/mol. The molecule has 0 amide bonds. The Labute approximate surface area is 123 Å². The highest BCUT2D eigenvalue weighted by Gasteiger charge is 2.51. The van der Waals surface area contributed by atoms with Gasteiger partial charge in [-0.25, -0.2) is 0 Å². The summed E-state index contributed by atoms with van der Waals surface area (Å²) in [5.74, 6) is -0.940. The molecule has 0 aromatic heterocycles. The zero-order chi connectivity index (χ0) is 15.6. The van der Waals surface area contributed by atoms with Crippen LogP contribution in [0.15, 0.2) is 0 Å². The summed E-state index contributed by atoms with van der Waals surface area (Å²) in [7, 11) is -10.7. The maximum Gasteiger partial charge on any atom is 0.546 e. The fraction of sp³-hybridized carbons (Fsp3) is 0.750. The minimum absolute atomic E-state index is 0.470. The minimum Gasteiger partial charge on any atom is -0.475 e. The van der Waals surface area contributed by atoms with Crippen LogP contribution in [0.4, 0.5) is 0 Å². The second-order valence-corrected chi connectivity index (χ2v) is 14.4. The first-order chi connectivity index (χ1) is 9.03. The van der Waals surface area contributed by atoms with Crippen molar-refractivity contribution in [1.29, 1.82) is 0 Å². The van der Waals surface area contributed by atoms with E-state index in [1.54, 1.807) is 26.2 Å². The van der Waals surface area contributed by atoms with Crippen molar-refractivity contribution in [1.82, 2.24) is 0 Å². The lowest BCUT2D eigenvalue weighted by molar-refractivity contribution is -0.135. The van der Waals surface area contributed by atoms with Crippen LogP contribution in [0.5, 0.6) is 0 Å². The Kier molecular flexibility index (Phi) is 5.85. The predicted octanol–water partition coefficient (Wildman–Crippen LogP) is 0.0306. The van der Waals surface area contributed by atoms with Crippen molar-refractivity contribution in [3.63, 3.8) is 0 Å². The molecule has 0 unspecified atom stereocenters. The van der Waals surface area contributed by atoms with Gasteiger partial charge in [0.2, 0.25) is 0 Å². The second-order valence-electron chi connectivity index (χ2n) is 4.52. The summed E-state index contributed by atoms with van der Waals surface area (Å²) in [6.45, 7) is 9.33. The predicted molar refractivity (Wildman–Crippen MR) is 77.1 cm³/mol. The Morgan fingerprint density at radius 3 is 1.25 bits per heavy atom. The maximum absolute atomic E-state index is 11.1. The molecule has 0 bridgehead atoms. The molecule has 20 heavy (non-hydrogen) atoms. The third-order valence-corrected chi connectivity index (χ3v) is 15.7. The van der Waals surface area contributed by atoms with E-state index in [0.717, 1.165) is 0 Å². The van der Waals surface area contributed by atoms with Crippen LogP contribution in [0, 0.1) is 0 Å². The topological polar surface area (TPSA) is 89.5 Å². The second kappa shape index (κ2) is 6.61. The largest absolute Gasteiger partial charge is 0.546 e. The van der Waals surface area contributed by atoms with Gasteiger partial charge in [0.15, 0.2) is 0 Å². The summed E-state index contributed by atoms with van der Waals surface area (Å²) in [4.78, 5) is 22.3. The van der Waals surface area contributed by atoms with Crippen molar-refractivity contribution in [2.24, 2.45) is 0 Å². The molecular formula is C8H20O8Si4. The van der Waals surface area contributed by atoms with Crippen molar-refractivity contribution >= 4 is 48.1 Å². The Bertz CT molecular complexity index is 343. The summed E-state index contributed by atoms with van der Waals surface area (Å²) >= 11 is 0. The van der Waals surface area contributed by atoms with E-state index < -0.39 is 48.1 Å². The van der Waals surface area contributed by atoms with Crippen LogP contribution in [-0.4, -0.2) is 48.1 Å². The van der Waals surface area contributed by atoms with Gasteiger partial charge in [-0.15, -0.1) is 0 Å². The molecule has 1 rings (SSSR count). The number of carbonyl (C=O) groups excluding carboxylic acids is 2. The number of rotatable bonds is 2. The molecule has 0 aromatic rings. The number of hydrogen-bond donors (Lipinski definition) is 0. The lowest BCUT2D eigenvalue weighted by atomic mass is 10.9. The third kappa shape index (κ3) is 5.56. The van der Waals surface area contributed by atoms with E-state index in [1.165, 1.54) is 13.8 Å². The fourth-order valence-electron chi connectivity index (χ4n) is 1.93.